The van der Waals surface area contributed by atoms with Crippen molar-refractivity contribution in [2.24, 2.45) is 0 Å². The second-order valence-corrected chi connectivity index (χ2v) is 6.03. The summed E-state index contributed by atoms with van der Waals surface area (Å²) in [6, 6.07) is 12.5. The highest BCUT2D eigenvalue weighted by molar-refractivity contribution is 7.10. The Bertz CT molecular complexity index is 579. The van der Waals surface area contributed by atoms with Crippen molar-refractivity contribution in [1.82, 2.24) is 10.6 Å². The van der Waals surface area contributed by atoms with E-state index in [9.17, 15) is 4.79 Å². The average molecular weight is 286 g/mol. The lowest BCUT2D eigenvalue weighted by atomic mass is 10.1. The van der Waals surface area contributed by atoms with Crippen LogP contribution in [0.25, 0.3) is 11.1 Å². The van der Waals surface area contributed by atoms with Crippen molar-refractivity contribution in [3.05, 3.63) is 46.7 Å². The van der Waals surface area contributed by atoms with E-state index in [1.165, 1.54) is 16.0 Å². The van der Waals surface area contributed by atoms with Crippen LogP contribution >= 0.6 is 11.3 Å². The minimum Gasteiger partial charge on any atom is -0.355 e. The Hall–Kier alpha value is -1.65. The lowest BCUT2D eigenvalue weighted by molar-refractivity contribution is -0.124. The highest BCUT2D eigenvalue weighted by Crippen LogP contribution is 2.25. The summed E-state index contributed by atoms with van der Waals surface area (Å²) in [6.07, 6.45) is 1.99. The molecule has 1 aliphatic heterocycles. The summed E-state index contributed by atoms with van der Waals surface area (Å²) >= 11 is 1.74. The fourth-order valence-electron chi connectivity index (χ4n) is 2.45. The number of carbonyl (C=O) groups is 1. The van der Waals surface area contributed by atoms with Gasteiger partial charge in [-0.05, 0) is 35.4 Å². The van der Waals surface area contributed by atoms with Crippen molar-refractivity contribution >= 4 is 17.2 Å². The van der Waals surface area contributed by atoms with Crippen LogP contribution in [-0.4, -0.2) is 18.5 Å². The number of thiophene rings is 1. The number of amides is 1. The predicted octanol–water partition coefficient (Wildman–Crippen LogP) is 2.78. The second-order valence-electron chi connectivity index (χ2n) is 5.03. The first-order chi connectivity index (χ1) is 9.83. The fourth-order valence-corrected chi connectivity index (χ4v) is 3.29. The third kappa shape index (κ3) is 3.08. The van der Waals surface area contributed by atoms with Crippen molar-refractivity contribution in [3.8, 4) is 11.1 Å². The van der Waals surface area contributed by atoms with E-state index in [0.29, 0.717) is 0 Å². The molecule has 2 N–H and O–H groups in total. The predicted molar refractivity (Wildman–Crippen MR) is 82.6 cm³/mol. The van der Waals surface area contributed by atoms with Gasteiger partial charge in [-0.3, -0.25) is 4.79 Å². The van der Waals surface area contributed by atoms with Gasteiger partial charge in [0.05, 0.1) is 6.04 Å². The molecule has 1 saturated heterocycles. The SMILES string of the molecule is O=C1NCCCC1NCc1cc(-c2ccccc2)cs1. The molecule has 0 spiro atoms. The number of nitrogens with one attached hydrogen (secondary N) is 2. The van der Waals surface area contributed by atoms with Crippen molar-refractivity contribution in [2.45, 2.75) is 25.4 Å². The average Bonchev–Trinajstić information content (AvgIpc) is 2.96. The molecular formula is C16H18N2OS. The highest BCUT2D eigenvalue weighted by atomic mass is 32.1. The third-order valence-corrected chi connectivity index (χ3v) is 4.51. The lowest BCUT2D eigenvalue weighted by Crippen LogP contribution is -2.47. The number of piperidine rings is 1. The van der Waals surface area contributed by atoms with Crippen LogP contribution in [0.1, 0.15) is 17.7 Å². The summed E-state index contributed by atoms with van der Waals surface area (Å²) in [5.41, 5.74) is 2.49. The van der Waals surface area contributed by atoms with Crippen LogP contribution in [0.2, 0.25) is 0 Å². The number of carbonyl (C=O) groups excluding carboxylic acids is 1. The molecule has 3 rings (SSSR count). The van der Waals surface area contributed by atoms with Crippen molar-refractivity contribution in [1.29, 1.82) is 0 Å². The zero-order chi connectivity index (χ0) is 13.8. The molecule has 1 aromatic heterocycles. The van der Waals surface area contributed by atoms with E-state index >= 15 is 0 Å². The molecule has 1 unspecified atom stereocenters. The molecule has 2 aromatic rings. The van der Waals surface area contributed by atoms with E-state index in [1.54, 1.807) is 11.3 Å². The zero-order valence-electron chi connectivity index (χ0n) is 11.3. The van der Waals surface area contributed by atoms with Crippen LogP contribution in [0.4, 0.5) is 0 Å². The molecule has 0 bridgehead atoms. The molecule has 0 aliphatic carbocycles. The van der Waals surface area contributed by atoms with Gasteiger partial charge in [0, 0.05) is 18.0 Å². The fraction of sp³-hybridized carbons (Fsp3) is 0.312. The molecule has 1 fully saturated rings. The highest BCUT2D eigenvalue weighted by Gasteiger charge is 2.21. The van der Waals surface area contributed by atoms with Gasteiger partial charge in [-0.2, -0.15) is 0 Å². The number of rotatable bonds is 4. The minimum atomic E-state index is -0.0361. The zero-order valence-corrected chi connectivity index (χ0v) is 12.1. The summed E-state index contributed by atoms with van der Waals surface area (Å²) in [4.78, 5) is 12.9. The Morgan fingerprint density at radius 3 is 2.90 bits per heavy atom. The molecule has 4 heteroatoms. The molecule has 1 amide bonds. The molecule has 1 atom stereocenters. The van der Waals surface area contributed by atoms with Gasteiger partial charge in [-0.15, -0.1) is 11.3 Å². The van der Waals surface area contributed by atoms with E-state index in [1.807, 2.05) is 6.07 Å². The first-order valence-electron chi connectivity index (χ1n) is 6.97. The standard InChI is InChI=1S/C16H18N2OS/c19-16-15(7-4-8-17-16)18-10-14-9-13(11-20-14)12-5-2-1-3-6-12/h1-3,5-6,9,11,15,18H,4,7-8,10H2,(H,17,19). The second kappa shape index (κ2) is 6.20. The maximum atomic E-state index is 11.7. The van der Waals surface area contributed by atoms with E-state index in [-0.39, 0.29) is 11.9 Å². The summed E-state index contributed by atoms with van der Waals surface area (Å²) in [6.45, 7) is 1.57. The van der Waals surface area contributed by atoms with Crippen molar-refractivity contribution in [2.75, 3.05) is 6.54 Å². The Morgan fingerprint density at radius 2 is 2.10 bits per heavy atom. The molecule has 1 aliphatic rings. The summed E-state index contributed by atoms with van der Waals surface area (Å²) < 4.78 is 0. The van der Waals surface area contributed by atoms with Gasteiger partial charge in [0.2, 0.25) is 5.91 Å². The maximum Gasteiger partial charge on any atom is 0.237 e. The van der Waals surface area contributed by atoms with Gasteiger partial charge in [0.25, 0.3) is 0 Å². The summed E-state index contributed by atoms with van der Waals surface area (Å²) in [5, 5.41) is 8.43. The van der Waals surface area contributed by atoms with Gasteiger partial charge < -0.3 is 10.6 Å². The quantitative estimate of drug-likeness (QED) is 0.907. The van der Waals surface area contributed by atoms with Crippen LogP contribution in [-0.2, 0) is 11.3 Å². The first-order valence-corrected chi connectivity index (χ1v) is 7.85. The monoisotopic (exact) mass is 286 g/mol. The Morgan fingerprint density at radius 1 is 1.25 bits per heavy atom. The van der Waals surface area contributed by atoms with E-state index in [4.69, 9.17) is 0 Å². The number of hydrogen-bond donors (Lipinski definition) is 2. The van der Waals surface area contributed by atoms with E-state index in [0.717, 1.165) is 25.9 Å². The molecule has 20 heavy (non-hydrogen) atoms. The molecule has 1 aromatic carbocycles. The van der Waals surface area contributed by atoms with E-state index < -0.39 is 0 Å². The van der Waals surface area contributed by atoms with Crippen molar-refractivity contribution < 1.29 is 4.79 Å². The van der Waals surface area contributed by atoms with Gasteiger partial charge in [-0.1, -0.05) is 30.3 Å². The van der Waals surface area contributed by atoms with Gasteiger partial charge in [-0.25, -0.2) is 0 Å². The van der Waals surface area contributed by atoms with Crippen LogP contribution in [0, 0.1) is 0 Å². The first kappa shape index (κ1) is 13.3. The Balaban J connectivity index is 1.61. The number of hydrogen-bond acceptors (Lipinski definition) is 3. The Kier molecular flexibility index (Phi) is 4.14. The van der Waals surface area contributed by atoms with Gasteiger partial charge in [0.1, 0.15) is 0 Å². The van der Waals surface area contributed by atoms with Crippen LogP contribution < -0.4 is 10.6 Å². The summed E-state index contributed by atoms with van der Waals surface area (Å²) in [5.74, 6) is 0.135. The van der Waals surface area contributed by atoms with Crippen LogP contribution in [0.3, 0.4) is 0 Å². The van der Waals surface area contributed by atoms with Gasteiger partial charge in [0.15, 0.2) is 0 Å². The minimum absolute atomic E-state index is 0.0361. The topological polar surface area (TPSA) is 41.1 Å². The van der Waals surface area contributed by atoms with Crippen LogP contribution in [0.15, 0.2) is 41.8 Å². The maximum absolute atomic E-state index is 11.7. The van der Waals surface area contributed by atoms with Gasteiger partial charge >= 0.3 is 0 Å². The largest absolute Gasteiger partial charge is 0.355 e. The molecular weight excluding hydrogens is 268 g/mol. The van der Waals surface area contributed by atoms with E-state index in [2.05, 4.69) is 46.3 Å². The molecule has 0 radical (unpaired) electrons. The molecule has 3 nitrogen and oxygen atoms in total. The normalized spacial score (nSPS) is 18.8. The van der Waals surface area contributed by atoms with Crippen LogP contribution in [0.5, 0.6) is 0 Å². The van der Waals surface area contributed by atoms with Crippen molar-refractivity contribution in [3.63, 3.8) is 0 Å². The molecule has 104 valence electrons. The number of benzene rings is 1. The third-order valence-electron chi connectivity index (χ3n) is 3.57. The Labute approximate surface area is 123 Å². The molecule has 0 saturated carbocycles. The lowest BCUT2D eigenvalue weighted by Gasteiger charge is -2.22. The molecule has 2 heterocycles. The summed E-state index contributed by atoms with van der Waals surface area (Å²) in [7, 11) is 0. The smallest absolute Gasteiger partial charge is 0.237 e.